The van der Waals surface area contributed by atoms with Crippen molar-refractivity contribution in [2.75, 3.05) is 6.61 Å². The van der Waals surface area contributed by atoms with E-state index >= 15 is 0 Å². The number of carbonyl (C=O) groups excluding carboxylic acids is 1. The molecular weight excluding hydrogens is 328 g/mol. The molecule has 0 aliphatic carbocycles. The maximum atomic E-state index is 11.0. The minimum absolute atomic E-state index is 0.136. The molecule has 0 spiro atoms. The topological polar surface area (TPSA) is 61.3 Å². The van der Waals surface area contributed by atoms with Gasteiger partial charge >= 0.3 is 5.97 Å². The van der Waals surface area contributed by atoms with Crippen LogP contribution in [0, 0.1) is 0 Å². The normalized spacial score (nSPS) is 11.8. The van der Waals surface area contributed by atoms with E-state index in [2.05, 4.69) is 16.9 Å². The van der Waals surface area contributed by atoms with E-state index < -0.39 is 0 Å². The van der Waals surface area contributed by atoms with Crippen LogP contribution in [0.25, 0.3) is 11.4 Å². The summed E-state index contributed by atoms with van der Waals surface area (Å²) in [6.45, 7) is 6.22. The van der Waals surface area contributed by atoms with Gasteiger partial charge in [0.05, 0.1) is 19.0 Å². The van der Waals surface area contributed by atoms with Gasteiger partial charge in [-0.3, -0.25) is 4.79 Å². The molecule has 5 heteroatoms. The van der Waals surface area contributed by atoms with Crippen molar-refractivity contribution in [2.24, 2.45) is 0 Å². The summed E-state index contributed by atoms with van der Waals surface area (Å²) in [4.78, 5) is 19.8. The Kier molecular flexibility index (Phi) is 8.06. The summed E-state index contributed by atoms with van der Waals surface area (Å²) in [6, 6.07) is 7.99. The number of hydrogen-bond donors (Lipinski definition) is 0. The van der Waals surface area contributed by atoms with Crippen molar-refractivity contribution in [3.63, 3.8) is 0 Å². The molecule has 2 rings (SSSR count). The number of carbonyl (C=O) groups is 1. The fraction of sp³-hybridized carbons (Fsp3) is 0.476. The van der Waals surface area contributed by atoms with E-state index in [1.807, 2.05) is 31.2 Å². The van der Waals surface area contributed by atoms with Gasteiger partial charge in [0.2, 0.25) is 0 Å². The van der Waals surface area contributed by atoms with E-state index in [9.17, 15) is 4.79 Å². The Hall–Kier alpha value is -2.43. The van der Waals surface area contributed by atoms with Crippen LogP contribution in [0.3, 0.4) is 0 Å². The van der Waals surface area contributed by atoms with E-state index in [-0.39, 0.29) is 12.1 Å². The SMILES string of the molecule is CCCCCCOc1cnc(-c2ccc(CC(C)OC(C)=O)cc2)nc1. The second-order valence-electron chi connectivity index (χ2n) is 6.47. The summed E-state index contributed by atoms with van der Waals surface area (Å²) >= 11 is 0. The number of aromatic nitrogens is 2. The molecule has 0 aliphatic rings. The number of nitrogens with zero attached hydrogens (tertiary/aromatic N) is 2. The van der Waals surface area contributed by atoms with Crippen molar-refractivity contribution in [2.45, 2.75) is 59.0 Å². The minimum Gasteiger partial charge on any atom is -0.490 e. The average molecular weight is 356 g/mol. The predicted molar refractivity (Wildman–Crippen MR) is 102 cm³/mol. The first kappa shape index (κ1) is 19.9. The van der Waals surface area contributed by atoms with Crippen LogP contribution in [0.4, 0.5) is 0 Å². The summed E-state index contributed by atoms with van der Waals surface area (Å²) in [5.74, 6) is 1.12. The number of benzene rings is 1. The van der Waals surface area contributed by atoms with Crippen molar-refractivity contribution >= 4 is 5.97 Å². The molecule has 1 aromatic heterocycles. The zero-order chi connectivity index (χ0) is 18.8. The quantitative estimate of drug-likeness (QED) is 0.460. The molecule has 0 bridgehead atoms. The Morgan fingerprint density at radius 2 is 1.77 bits per heavy atom. The van der Waals surface area contributed by atoms with Crippen molar-refractivity contribution in [1.29, 1.82) is 0 Å². The lowest BCUT2D eigenvalue weighted by atomic mass is 10.1. The molecule has 0 N–H and O–H groups in total. The molecule has 1 heterocycles. The first-order valence-corrected chi connectivity index (χ1v) is 9.30. The Balaban J connectivity index is 1.87. The van der Waals surface area contributed by atoms with E-state index in [4.69, 9.17) is 9.47 Å². The molecule has 1 atom stereocenters. The average Bonchev–Trinajstić information content (AvgIpc) is 2.62. The van der Waals surface area contributed by atoms with Gasteiger partial charge in [-0.2, -0.15) is 0 Å². The summed E-state index contributed by atoms with van der Waals surface area (Å²) in [6.07, 6.45) is 8.71. The zero-order valence-electron chi connectivity index (χ0n) is 15.9. The maximum Gasteiger partial charge on any atom is 0.302 e. The molecule has 0 saturated heterocycles. The van der Waals surface area contributed by atoms with Crippen LogP contribution in [0.2, 0.25) is 0 Å². The molecule has 0 radical (unpaired) electrons. The standard InChI is InChI=1S/C21H28N2O3/c1-4-5-6-7-12-25-20-14-22-21(23-15-20)19-10-8-18(9-11-19)13-16(2)26-17(3)24/h8-11,14-16H,4-7,12-13H2,1-3H3. The third-order valence-electron chi connectivity index (χ3n) is 4.00. The van der Waals surface area contributed by atoms with Crippen LogP contribution in [-0.4, -0.2) is 28.6 Å². The van der Waals surface area contributed by atoms with Gasteiger partial charge in [0.25, 0.3) is 0 Å². The van der Waals surface area contributed by atoms with E-state index in [0.29, 0.717) is 24.6 Å². The molecule has 5 nitrogen and oxygen atoms in total. The van der Waals surface area contributed by atoms with Crippen LogP contribution < -0.4 is 4.74 Å². The fourth-order valence-electron chi connectivity index (χ4n) is 2.71. The first-order chi connectivity index (χ1) is 12.6. The lowest BCUT2D eigenvalue weighted by Crippen LogP contribution is -2.14. The molecule has 0 amide bonds. The lowest BCUT2D eigenvalue weighted by Gasteiger charge is -2.12. The number of ether oxygens (including phenoxy) is 2. The highest BCUT2D eigenvalue weighted by Crippen LogP contribution is 2.18. The van der Waals surface area contributed by atoms with Crippen LogP contribution >= 0.6 is 0 Å². The van der Waals surface area contributed by atoms with Crippen molar-refractivity contribution < 1.29 is 14.3 Å². The maximum absolute atomic E-state index is 11.0. The molecular formula is C21H28N2O3. The summed E-state index contributed by atoms with van der Waals surface area (Å²) in [7, 11) is 0. The van der Waals surface area contributed by atoms with Crippen molar-refractivity contribution in [3.05, 3.63) is 42.2 Å². The molecule has 2 aromatic rings. The van der Waals surface area contributed by atoms with Gasteiger partial charge in [-0.25, -0.2) is 9.97 Å². The van der Waals surface area contributed by atoms with Gasteiger partial charge in [-0.1, -0.05) is 50.5 Å². The molecule has 0 aliphatic heterocycles. The van der Waals surface area contributed by atoms with Gasteiger partial charge in [-0.15, -0.1) is 0 Å². The fourth-order valence-corrected chi connectivity index (χ4v) is 2.71. The zero-order valence-corrected chi connectivity index (χ0v) is 15.9. The van der Waals surface area contributed by atoms with Crippen LogP contribution in [0.5, 0.6) is 5.75 Å². The highest BCUT2D eigenvalue weighted by molar-refractivity contribution is 5.66. The Morgan fingerprint density at radius 1 is 1.08 bits per heavy atom. The van der Waals surface area contributed by atoms with Crippen molar-refractivity contribution in [1.82, 2.24) is 9.97 Å². The summed E-state index contributed by atoms with van der Waals surface area (Å²) in [5, 5.41) is 0. The van der Waals surface area contributed by atoms with Crippen LogP contribution in [-0.2, 0) is 16.0 Å². The Bertz CT molecular complexity index is 669. The summed E-state index contributed by atoms with van der Waals surface area (Å²) < 4.78 is 10.8. The van der Waals surface area contributed by atoms with Crippen LogP contribution in [0.15, 0.2) is 36.7 Å². The monoisotopic (exact) mass is 356 g/mol. The van der Waals surface area contributed by atoms with Crippen LogP contribution in [0.1, 0.15) is 52.0 Å². The largest absolute Gasteiger partial charge is 0.490 e. The Labute approximate surface area is 155 Å². The number of hydrogen-bond acceptors (Lipinski definition) is 5. The van der Waals surface area contributed by atoms with Gasteiger partial charge in [0, 0.05) is 18.9 Å². The number of unbranched alkanes of at least 4 members (excludes halogenated alkanes) is 3. The van der Waals surface area contributed by atoms with Gasteiger partial charge in [0.15, 0.2) is 11.6 Å². The third kappa shape index (κ3) is 6.82. The van der Waals surface area contributed by atoms with Gasteiger partial charge < -0.3 is 9.47 Å². The second kappa shape index (κ2) is 10.5. The molecule has 0 fully saturated rings. The molecule has 26 heavy (non-hydrogen) atoms. The van der Waals surface area contributed by atoms with Crippen molar-refractivity contribution in [3.8, 4) is 17.1 Å². The molecule has 140 valence electrons. The highest BCUT2D eigenvalue weighted by atomic mass is 16.5. The minimum atomic E-state index is -0.254. The lowest BCUT2D eigenvalue weighted by molar-refractivity contribution is -0.145. The molecule has 0 saturated carbocycles. The number of rotatable bonds is 10. The van der Waals surface area contributed by atoms with Gasteiger partial charge in [-0.05, 0) is 18.9 Å². The molecule has 1 unspecified atom stereocenters. The number of esters is 1. The van der Waals surface area contributed by atoms with E-state index in [1.54, 1.807) is 12.4 Å². The first-order valence-electron chi connectivity index (χ1n) is 9.30. The van der Waals surface area contributed by atoms with Gasteiger partial charge in [0.1, 0.15) is 6.10 Å². The summed E-state index contributed by atoms with van der Waals surface area (Å²) in [5.41, 5.74) is 2.05. The second-order valence-corrected chi connectivity index (χ2v) is 6.47. The predicted octanol–water partition coefficient (Wildman–Crippen LogP) is 4.60. The third-order valence-corrected chi connectivity index (χ3v) is 4.00. The Morgan fingerprint density at radius 3 is 2.38 bits per heavy atom. The smallest absolute Gasteiger partial charge is 0.302 e. The highest BCUT2D eigenvalue weighted by Gasteiger charge is 2.08. The van der Waals surface area contributed by atoms with E-state index in [1.165, 1.54) is 26.2 Å². The van der Waals surface area contributed by atoms with E-state index in [0.717, 1.165) is 17.5 Å². The molecule has 1 aromatic carbocycles.